The second-order valence-corrected chi connectivity index (χ2v) is 6.99. The topological polar surface area (TPSA) is 51.1 Å². The molecule has 0 N–H and O–H groups in total. The Bertz CT molecular complexity index is 1040. The predicted molar refractivity (Wildman–Crippen MR) is 119 cm³/mol. The Morgan fingerprint density at radius 1 is 1.00 bits per heavy atom. The van der Waals surface area contributed by atoms with Crippen molar-refractivity contribution < 1.29 is 14.4 Å². The molecule has 2 aromatic carbocycles. The number of rotatable bonds is 6. The fourth-order valence-electron chi connectivity index (χ4n) is 3.55. The van der Waals surface area contributed by atoms with Crippen molar-refractivity contribution in [2.45, 2.75) is 20.3 Å². The smallest absolute Gasteiger partial charge is 0.371 e. The van der Waals surface area contributed by atoms with Crippen molar-refractivity contribution in [2.75, 3.05) is 18.0 Å². The Morgan fingerprint density at radius 2 is 1.73 bits per heavy atom. The van der Waals surface area contributed by atoms with Crippen LogP contribution in [0.25, 0.3) is 6.08 Å². The van der Waals surface area contributed by atoms with E-state index in [1.165, 1.54) is 5.69 Å². The van der Waals surface area contributed by atoms with E-state index in [1.807, 2.05) is 48.6 Å². The van der Waals surface area contributed by atoms with Gasteiger partial charge in [-0.1, -0.05) is 53.7 Å². The van der Waals surface area contributed by atoms with Crippen LogP contribution in [0.5, 0.6) is 0 Å². The summed E-state index contributed by atoms with van der Waals surface area (Å²) in [7, 11) is 0. The van der Waals surface area contributed by atoms with Crippen molar-refractivity contribution in [3.8, 4) is 0 Å². The Hall–Kier alpha value is -3.60. The molecule has 0 unspecified atom stereocenters. The van der Waals surface area contributed by atoms with Gasteiger partial charge < -0.3 is 14.5 Å². The normalized spacial score (nSPS) is 18.3. The van der Waals surface area contributed by atoms with E-state index in [-0.39, 0.29) is 0 Å². The van der Waals surface area contributed by atoms with Crippen LogP contribution in [0.4, 0.5) is 5.69 Å². The van der Waals surface area contributed by atoms with E-state index in [4.69, 9.17) is 9.57 Å². The highest BCUT2D eigenvalue weighted by Crippen LogP contribution is 2.30. The zero-order valence-electron chi connectivity index (χ0n) is 17.2. The lowest BCUT2D eigenvalue weighted by atomic mass is 10.0. The zero-order valence-corrected chi connectivity index (χ0v) is 17.2. The van der Waals surface area contributed by atoms with Crippen molar-refractivity contribution in [3.63, 3.8) is 0 Å². The molecule has 0 radical (unpaired) electrons. The van der Waals surface area contributed by atoms with Gasteiger partial charge in [-0.25, -0.2) is 4.79 Å². The van der Waals surface area contributed by atoms with Gasteiger partial charge in [-0.2, -0.15) is 0 Å². The van der Waals surface area contributed by atoms with E-state index in [0.29, 0.717) is 29.2 Å². The first kappa shape index (κ1) is 19.7. The fraction of sp³-hybridized carbons (Fsp3) is 0.200. The molecule has 5 heteroatoms. The van der Waals surface area contributed by atoms with Crippen molar-refractivity contribution in [1.29, 1.82) is 0 Å². The number of hydrogen-bond acceptors (Lipinski definition) is 5. The van der Waals surface area contributed by atoms with Gasteiger partial charge in [-0.3, -0.25) is 0 Å². The molecule has 152 valence electrons. The van der Waals surface area contributed by atoms with E-state index in [1.54, 1.807) is 0 Å². The average Bonchev–Trinajstić information content (AvgIpc) is 3.41. The minimum absolute atomic E-state index is 0.393. The second-order valence-electron chi connectivity index (χ2n) is 6.99. The van der Waals surface area contributed by atoms with Crippen LogP contribution in [0.2, 0.25) is 0 Å². The van der Waals surface area contributed by atoms with Crippen LogP contribution < -0.4 is 4.90 Å². The van der Waals surface area contributed by atoms with Crippen LogP contribution in [0, 0.1) is 0 Å². The Kier molecular flexibility index (Phi) is 5.80. The number of carbonyl (C=O) groups excluding carboxylic acids is 1. The highest BCUT2D eigenvalue weighted by molar-refractivity contribution is 6.29. The van der Waals surface area contributed by atoms with Gasteiger partial charge in [0.05, 0.1) is 0 Å². The van der Waals surface area contributed by atoms with Crippen LogP contribution in [0.1, 0.15) is 31.4 Å². The van der Waals surface area contributed by atoms with Crippen LogP contribution in [-0.4, -0.2) is 24.8 Å². The molecule has 30 heavy (non-hydrogen) atoms. The molecule has 2 aliphatic heterocycles. The fourth-order valence-corrected chi connectivity index (χ4v) is 3.55. The lowest BCUT2D eigenvalue weighted by Crippen LogP contribution is -2.21. The summed E-state index contributed by atoms with van der Waals surface area (Å²) in [5, 5.41) is 3.95. The van der Waals surface area contributed by atoms with E-state index in [0.717, 1.165) is 24.2 Å². The zero-order chi connectivity index (χ0) is 20.9. The maximum Gasteiger partial charge on any atom is 0.371 e. The van der Waals surface area contributed by atoms with Crippen molar-refractivity contribution >= 4 is 23.4 Å². The molecule has 2 heterocycles. The molecule has 2 aliphatic rings. The number of allylic oxidation sites excluding steroid dienone is 2. The average molecular weight is 400 g/mol. The summed E-state index contributed by atoms with van der Waals surface area (Å²) in [4.78, 5) is 19.5. The highest BCUT2D eigenvalue weighted by atomic mass is 16.7. The van der Waals surface area contributed by atoms with E-state index < -0.39 is 5.97 Å². The quantitative estimate of drug-likeness (QED) is 0.502. The van der Waals surface area contributed by atoms with Crippen LogP contribution in [0.3, 0.4) is 0 Å². The van der Waals surface area contributed by atoms with E-state index in [9.17, 15) is 4.79 Å². The number of anilines is 1. The van der Waals surface area contributed by atoms with Gasteiger partial charge in [0, 0.05) is 30.8 Å². The number of hydrogen-bond donors (Lipinski definition) is 0. The summed E-state index contributed by atoms with van der Waals surface area (Å²) >= 11 is 0. The summed E-state index contributed by atoms with van der Waals surface area (Å²) in [6, 6.07) is 17.9. The Balaban J connectivity index is 1.47. The number of nitrogens with zero attached hydrogens (tertiary/aromatic N) is 2. The van der Waals surface area contributed by atoms with Gasteiger partial charge in [0.1, 0.15) is 22.8 Å². The van der Waals surface area contributed by atoms with Crippen LogP contribution in [0.15, 0.2) is 89.0 Å². The first-order valence-corrected chi connectivity index (χ1v) is 10.2. The molecule has 4 rings (SSSR count). The van der Waals surface area contributed by atoms with Gasteiger partial charge in [-0.15, -0.1) is 0 Å². The number of benzene rings is 2. The molecular formula is C25H24N2O3. The summed E-state index contributed by atoms with van der Waals surface area (Å²) in [6.45, 7) is 6.28. The molecule has 5 nitrogen and oxygen atoms in total. The lowest BCUT2D eigenvalue weighted by Gasteiger charge is -2.20. The maximum absolute atomic E-state index is 12.2. The maximum atomic E-state index is 12.2. The standard InChI is InChI=1S/C25H24N2O3/c1-3-27(4-2)20-13-10-18(11-14-20)12-15-21-16-17-22(29-21)23-24(26-30-25(23)28)19-8-6-5-7-9-19/h5-16H,3-4,17H2,1-2H3. The molecule has 0 aromatic heterocycles. The molecule has 0 spiro atoms. The van der Waals surface area contributed by atoms with Gasteiger partial charge >= 0.3 is 5.97 Å². The van der Waals surface area contributed by atoms with Gasteiger partial charge in [0.25, 0.3) is 0 Å². The molecule has 0 saturated carbocycles. The van der Waals surface area contributed by atoms with Crippen molar-refractivity contribution in [1.82, 2.24) is 0 Å². The van der Waals surface area contributed by atoms with Crippen LogP contribution >= 0.6 is 0 Å². The number of ether oxygens (including phenoxy) is 1. The molecule has 2 aromatic rings. The third-order valence-corrected chi connectivity index (χ3v) is 5.18. The number of oxime groups is 1. The molecule has 0 atom stereocenters. The molecule has 0 fully saturated rings. The van der Waals surface area contributed by atoms with Gasteiger partial charge in [0.2, 0.25) is 0 Å². The Morgan fingerprint density at radius 3 is 2.43 bits per heavy atom. The van der Waals surface area contributed by atoms with Gasteiger partial charge in [-0.05, 0) is 43.7 Å². The molecule has 0 aliphatic carbocycles. The lowest BCUT2D eigenvalue weighted by molar-refractivity contribution is -0.137. The third-order valence-electron chi connectivity index (χ3n) is 5.18. The summed E-state index contributed by atoms with van der Waals surface area (Å²) < 4.78 is 5.95. The first-order chi connectivity index (χ1) is 14.7. The van der Waals surface area contributed by atoms with E-state index >= 15 is 0 Å². The Labute approximate surface area is 176 Å². The number of carbonyl (C=O) groups is 1. The van der Waals surface area contributed by atoms with Crippen molar-refractivity contribution in [2.24, 2.45) is 5.16 Å². The highest BCUT2D eigenvalue weighted by Gasteiger charge is 2.32. The summed E-state index contributed by atoms with van der Waals surface area (Å²) in [5.74, 6) is 0.795. The second kappa shape index (κ2) is 8.82. The minimum atomic E-state index is -0.477. The van der Waals surface area contributed by atoms with Crippen molar-refractivity contribution in [3.05, 3.63) is 95.0 Å². The van der Waals surface area contributed by atoms with Crippen LogP contribution in [-0.2, 0) is 14.4 Å². The van der Waals surface area contributed by atoms with E-state index in [2.05, 4.69) is 48.2 Å². The molecular weight excluding hydrogens is 376 g/mol. The molecule has 0 bridgehead atoms. The largest absolute Gasteiger partial charge is 0.461 e. The summed E-state index contributed by atoms with van der Waals surface area (Å²) in [6.07, 6.45) is 6.40. The SMILES string of the molecule is CCN(CC)c1ccc(C=CC2=CCC(=C3C(=O)ON=C3c3ccccc3)O2)cc1. The third kappa shape index (κ3) is 4.06. The van der Waals surface area contributed by atoms with Gasteiger partial charge in [0.15, 0.2) is 0 Å². The monoisotopic (exact) mass is 400 g/mol. The minimum Gasteiger partial charge on any atom is -0.461 e. The molecule has 0 amide bonds. The predicted octanol–water partition coefficient (Wildman–Crippen LogP) is 5.07. The first-order valence-electron chi connectivity index (χ1n) is 10.2. The summed E-state index contributed by atoms with van der Waals surface area (Å²) in [5.41, 5.74) is 4.04. The molecule has 0 saturated heterocycles.